The summed E-state index contributed by atoms with van der Waals surface area (Å²) in [6.07, 6.45) is 6.41. The summed E-state index contributed by atoms with van der Waals surface area (Å²) in [6, 6.07) is 7.43. The molecule has 0 atom stereocenters. The summed E-state index contributed by atoms with van der Waals surface area (Å²) in [4.78, 5) is 16.0. The summed E-state index contributed by atoms with van der Waals surface area (Å²) in [5.41, 5.74) is 2.39. The lowest BCUT2D eigenvalue weighted by Crippen LogP contribution is -2.20. The predicted molar refractivity (Wildman–Crippen MR) is 107 cm³/mol. The molecule has 0 radical (unpaired) electrons. The highest BCUT2D eigenvalue weighted by molar-refractivity contribution is 5.99. The Balaban J connectivity index is 2.58. The largest absolute Gasteiger partial charge is 0.392 e. The molecule has 1 aromatic rings. The number of hydrogen-bond donors (Lipinski definition) is 4. The van der Waals surface area contributed by atoms with Crippen molar-refractivity contribution < 1.29 is 9.90 Å². The zero-order valence-corrected chi connectivity index (χ0v) is 15.2. The summed E-state index contributed by atoms with van der Waals surface area (Å²) in [5, 5.41) is 17.6. The molecule has 0 fully saturated rings. The first-order valence-corrected chi connectivity index (χ1v) is 8.18. The van der Waals surface area contributed by atoms with E-state index in [0.29, 0.717) is 23.9 Å². The molecule has 0 heterocycles. The Labute approximate surface area is 154 Å². The molecule has 0 spiro atoms. The van der Waals surface area contributed by atoms with Crippen LogP contribution in [0.2, 0.25) is 0 Å². The van der Waals surface area contributed by atoms with Crippen LogP contribution in [0, 0.1) is 0 Å². The van der Waals surface area contributed by atoms with E-state index in [0.717, 1.165) is 11.3 Å². The van der Waals surface area contributed by atoms with E-state index in [9.17, 15) is 4.79 Å². The Kier molecular flexibility index (Phi) is 9.20. The van der Waals surface area contributed by atoms with Gasteiger partial charge >= 0.3 is 0 Å². The third-order valence-corrected chi connectivity index (χ3v) is 3.08. The maximum atomic E-state index is 11.6. The normalized spacial score (nSPS) is 11.6. The van der Waals surface area contributed by atoms with E-state index < -0.39 is 0 Å². The third kappa shape index (κ3) is 8.65. The molecule has 0 bridgehead atoms. The number of aliphatic hydroxyl groups excluding tert-OH is 1. The second-order valence-corrected chi connectivity index (χ2v) is 5.42. The highest BCUT2D eigenvalue weighted by Crippen LogP contribution is 2.11. The van der Waals surface area contributed by atoms with Gasteiger partial charge in [-0.2, -0.15) is 0 Å². The van der Waals surface area contributed by atoms with Gasteiger partial charge in [0.25, 0.3) is 0 Å². The van der Waals surface area contributed by atoms with Gasteiger partial charge in [0, 0.05) is 24.0 Å². The minimum atomic E-state index is -0.291. The molecule has 6 nitrogen and oxygen atoms in total. The van der Waals surface area contributed by atoms with Crippen molar-refractivity contribution in [3.63, 3.8) is 0 Å². The lowest BCUT2D eigenvalue weighted by atomic mass is 10.2. The molecule has 0 aromatic heterocycles. The van der Waals surface area contributed by atoms with E-state index >= 15 is 0 Å². The third-order valence-electron chi connectivity index (χ3n) is 3.08. The number of aliphatic imine (C=N–C) groups is 1. The number of anilines is 1. The van der Waals surface area contributed by atoms with Crippen LogP contribution in [-0.2, 0) is 11.3 Å². The Bertz CT molecular complexity index is 733. The highest BCUT2D eigenvalue weighted by Gasteiger charge is 2.00. The lowest BCUT2D eigenvalue weighted by molar-refractivity contribution is -0.111. The molecule has 6 heteroatoms. The van der Waals surface area contributed by atoms with Gasteiger partial charge in [0.15, 0.2) is 0 Å². The maximum Gasteiger partial charge on any atom is 0.248 e. The van der Waals surface area contributed by atoms with E-state index in [-0.39, 0.29) is 12.5 Å². The average Bonchev–Trinajstić information content (AvgIpc) is 2.58. The molecule has 1 rings (SSSR count). The van der Waals surface area contributed by atoms with Crippen LogP contribution in [0.15, 0.2) is 78.2 Å². The molecule has 0 aliphatic heterocycles. The van der Waals surface area contributed by atoms with Crippen molar-refractivity contribution in [1.29, 1.82) is 0 Å². The number of nitrogens with zero attached hydrogens (tertiary/aromatic N) is 1. The number of benzene rings is 1. The van der Waals surface area contributed by atoms with Gasteiger partial charge < -0.3 is 21.1 Å². The minimum Gasteiger partial charge on any atom is -0.392 e. The number of amides is 1. The molecule has 0 aliphatic rings. The van der Waals surface area contributed by atoms with Crippen molar-refractivity contribution in [2.75, 3.05) is 11.9 Å². The zero-order chi connectivity index (χ0) is 19.4. The van der Waals surface area contributed by atoms with Crippen molar-refractivity contribution in [3.8, 4) is 0 Å². The van der Waals surface area contributed by atoms with E-state index in [1.165, 1.54) is 12.2 Å². The number of carbonyl (C=O) groups is 1. The lowest BCUT2D eigenvalue weighted by Gasteiger charge is -2.10. The van der Waals surface area contributed by atoms with E-state index in [1.807, 2.05) is 44.2 Å². The van der Waals surface area contributed by atoms with Crippen LogP contribution < -0.4 is 16.0 Å². The fraction of sp³-hybridized carbons (Fsp3) is 0.200. The Morgan fingerprint density at radius 1 is 1.31 bits per heavy atom. The number of carbonyl (C=O) groups excluding carboxylic acids is 1. The smallest absolute Gasteiger partial charge is 0.248 e. The Morgan fingerprint density at radius 3 is 2.77 bits per heavy atom. The quantitative estimate of drug-likeness (QED) is 0.238. The van der Waals surface area contributed by atoms with Gasteiger partial charge in [0.05, 0.1) is 6.61 Å². The molecule has 26 heavy (non-hydrogen) atoms. The molecule has 4 N–H and O–H groups in total. The fourth-order valence-electron chi connectivity index (χ4n) is 2.05. The topological polar surface area (TPSA) is 85.8 Å². The van der Waals surface area contributed by atoms with Crippen molar-refractivity contribution in [1.82, 2.24) is 10.6 Å². The molecule has 1 aromatic carbocycles. The Hall–Kier alpha value is -3.12. The summed E-state index contributed by atoms with van der Waals surface area (Å²) < 4.78 is 0. The van der Waals surface area contributed by atoms with Gasteiger partial charge in [-0.25, -0.2) is 4.99 Å². The van der Waals surface area contributed by atoms with Crippen molar-refractivity contribution in [2.24, 2.45) is 4.99 Å². The second-order valence-electron chi connectivity index (χ2n) is 5.42. The second kappa shape index (κ2) is 11.4. The van der Waals surface area contributed by atoms with Crippen LogP contribution in [0.25, 0.3) is 0 Å². The number of allylic oxidation sites excluding steroid dienone is 2. The summed E-state index contributed by atoms with van der Waals surface area (Å²) in [6.45, 7) is 11.8. The SMILES string of the molecule is C=C(/C=C\C)N/C(C)=N/C(=C)NCc1cccc(NC(=O)/C=C/CO)c1. The molecule has 0 saturated carbocycles. The van der Waals surface area contributed by atoms with Crippen molar-refractivity contribution in [2.45, 2.75) is 20.4 Å². The van der Waals surface area contributed by atoms with E-state index in [2.05, 4.69) is 34.1 Å². The zero-order valence-electron chi connectivity index (χ0n) is 15.2. The number of rotatable bonds is 9. The first kappa shape index (κ1) is 20.9. The molecule has 0 unspecified atom stereocenters. The fourth-order valence-corrected chi connectivity index (χ4v) is 2.05. The minimum absolute atomic E-state index is 0.170. The van der Waals surface area contributed by atoms with Gasteiger partial charge in [-0.05, 0) is 37.6 Å². The van der Waals surface area contributed by atoms with Crippen molar-refractivity contribution >= 4 is 17.4 Å². The molecular formula is C20H26N4O2. The van der Waals surface area contributed by atoms with Crippen molar-refractivity contribution in [3.05, 3.63) is 78.8 Å². The van der Waals surface area contributed by atoms with Gasteiger partial charge in [-0.1, -0.05) is 37.4 Å². The molecule has 0 saturated heterocycles. The van der Waals surface area contributed by atoms with Gasteiger partial charge in [0.2, 0.25) is 5.91 Å². The van der Waals surface area contributed by atoms with Crippen LogP contribution in [0.3, 0.4) is 0 Å². The standard InChI is InChI=1S/C20H26N4O2/c1-5-8-15(2)22-17(4)23-16(3)21-14-18-9-6-10-19(13-18)24-20(26)11-7-12-25/h5-11,13,21,25H,2-3,12,14H2,1,4H3,(H,22,23)(H,24,26)/b8-5-,11-7+. The van der Waals surface area contributed by atoms with E-state index in [4.69, 9.17) is 5.11 Å². The summed E-state index contributed by atoms with van der Waals surface area (Å²) in [5.74, 6) is 0.909. The van der Waals surface area contributed by atoms with Crippen LogP contribution in [0.4, 0.5) is 5.69 Å². The number of aliphatic hydroxyl groups is 1. The molecular weight excluding hydrogens is 328 g/mol. The van der Waals surface area contributed by atoms with Crippen LogP contribution in [0.5, 0.6) is 0 Å². The van der Waals surface area contributed by atoms with Gasteiger partial charge in [0.1, 0.15) is 11.7 Å². The highest BCUT2D eigenvalue weighted by atomic mass is 16.2. The first-order valence-electron chi connectivity index (χ1n) is 8.18. The van der Waals surface area contributed by atoms with Gasteiger partial charge in [-0.3, -0.25) is 4.79 Å². The molecule has 1 amide bonds. The summed E-state index contributed by atoms with van der Waals surface area (Å²) in [7, 11) is 0. The molecule has 138 valence electrons. The predicted octanol–water partition coefficient (Wildman–Crippen LogP) is 2.83. The van der Waals surface area contributed by atoms with Crippen LogP contribution in [0.1, 0.15) is 19.4 Å². The van der Waals surface area contributed by atoms with Gasteiger partial charge in [-0.15, -0.1) is 0 Å². The van der Waals surface area contributed by atoms with E-state index in [1.54, 1.807) is 6.07 Å². The van der Waals surface area contributed by atoms with Crippen LogP contribution in [-0.4, -0.2) is 23.5 Å². The number of hydrogen-bond acceptors (Lipinski definition) is 4. The average molecular weight is 354 g/mol. The maximum absolute atomic E-state index is 11.6. The monoisotopic (exact) mass is 354 g/mol. The van der Waals surface area contributed by atoms with Crippen LogP contribution >= 0.6 is 0 Å². The number of nitrogens with one attached hydrogen (secondary N) is 3. The number of amidine groups is 1. The molecule has 0 aliphatic carbocycles. The Morgan fingerprint density at radius 2 is 2.08 bits per heavy atom. The summed E-state index contributed by atoms with van der Waals surface area (Å²) >= 11 is 0. The first-order chi connectivity index (χ1) is 12.4.